The maximum absolute atomic E-state index is 6.10. The predicted octanol–water partition coefficient (Wildman–Crippen LogP) is 3.72. The third-order valence-electron chi connectivity index (χ3n) is 2.69. The largest absolute Gasteiger partial charge is 0.349 e. The van der Waals surface area contributed by atoms with Crippen molar-refractivity contribution in [1.82, 2.24) is 15.3 Å². The minimum atomic E-state index is 0.205. The van der Waals surface area contributed by atoms with E-state index in [-0.39, 0.29) is 6.04 Å². The minimum Gasteiger partial charge on any atom is -0.349 e. The van der Waals surface area contributed by atoms with Crippen LogP contribution in [0.2, 0.25) is 5.02 Å². The van der Waals surface area contributed by atoms with Crippen LogP contribution in [0.15, 0.2) is 35.1 Å². The Morgan fingerprint density at radius 3 is 2.89 bits per heavy atom. The summed E-state index contributed by atoms with van der Waals surface area (Å²) < 4.78 is 0.993. The zero-order chi connectivity index (χ0) is 13.0. The molecule has 2 N–H and O–H groups in total. The molecule has 0 saturated heterocycles. The maximum atomic E-state index is 6.10. The molecule has 2 aromatic rings. The summed E-state index contributed by atoms with van der Waals surface area (Å²) in [6.45, 7) is 2.99. The van der Waals surface area contributed by atoms with Crippen LogP contribution in [0.3, 0.4) is 0 Å². The topological polar surface area (TPSA) is 40.7 Å². The lowest BCUT2D eigenvalue weighted by Crippen LogP contribution is -2.23. The number of H-pyrrole nitrogens is 1. The van der Waals surface area contributed by atoms with E-state index in [1.165, 1.54) is 0 Å². The van der Waals surface area contributed by atoms with Gasteiger partial charge in [0.1, 0.15) is 5.82 Å². The molecule has 1 aromatic heterocycles. The highest BCUT2D eigenvalue weighted by Crippen LogP contribution is 2.25. The number of aromatic amines is 1. The lowest BCUT2D eigenvalue weighted by atomic mass is 10.0. The third kappa shape index (κ3) is 3.57. The summed E-state index contributed by atoms with van der Waals surface area (Å²) in [7, 11) is 0. The molecule has 0 aliphatic heterocycles. The van der Waals surface area contributed by atoms with Gasteiger partial charge in [-0.25, -0.2) is 4.98 Å². The SMILES string of the molecule is CCNC(Cc1ncc[nH]1)c1cc(Cl)cc(Br)c1. The number of benzene rings is 1. The Kier molecular flexibility index (Phi) is 4.80. The van der Waals surface area contributed by atoms with Crippen LogP contribution in [0.5, 0.6) is 0 Å². The molecule has 0 aliphatic carbocycles. The zero-order valence-corrected chi connectivity index (χ0v) is 12.4. The van der Waals surface area contributed by atoms with Gasteiger partial charge in [0.2, 0.25) is 0 Å². The van der Waals surface area contributed by atoms with Crippen LogP contribution in [-0.4, -0.2) is 16.5 Å². The number of aromatic nitrogens is 2. The fraction of sp³-hybridized carbons (Fsp3) is 0.308. The Hall–Kier alpha value is -0.840. The molecule has 96 valence electrons. The van der Waals surface area contributed by atoms with Crippen molar-refractivity contribution in [1.29, 1.82) is 0 Å². The number of hydrogen-bond acceptors (Lipinski definition) is 2. The Labute approximate surface area is 120 Å². The van der Waals surface area contributed by atoms with Crippen molar-refractivity contribution in [2.75, 3.05) is 6.54 Å². The number of likely N-dealkylation sites (N-methyl/N-ethyl adjacent to an activating group) is 1. The highest BCUT2D eigenvalue weighted by Gasteiger charge is 2.13. The summed E-state index contributed by atoms with van der Waals surface area (Å²) in [6.07, 6.45) is 4.42. The summed E-state index contributed by atoms with van der Waals surface area (Å²) in [4.78, 5) is 7.40. The van der Waals surface area contributed by atoms with Gasteiger partial charge in [0.15, 0.2) is 0 Å². The molecule has 0 amide bonds. The van der Waals surface area contributed by atoms with Gasteiger partial charge < -0.3 is 10.3 Å². The van der Waals surface area contributed by atoms with Gasteiger partial charge >= 0.3 is 0 Å². The molecule has 0 aliphatic rings. The Morgan fingerprint density at radius 1 is 1.44 bits per heavy atom. The monoisotopic (exact) mass is 327 g/mol. The van der Waals surface area contributed by atoms with Crippen molar-refractivity contribution >= 4 is 27.5 Å². The third-order valence-corrected chi connectivity index (χ3v) is 3.37. The van der Waals surface area contributed by atoms with Crippen molar-refractivity contribution in [3.8, 4) is 0 Å². The summed E-state index contributed by atoms with van der Waals surface area (Å²) in [5.41, 5.74) is 1.16. The van der Waals surface area contributed by atoms with Crippen LogP contribution in [0.4, 0.5) is 0 Å². The van der Waals surface area contributed by atoms with E-state index in [2.05, 4.69) is 44.2 Å². The molecule has 1 unspecified atom stereocenters. The van der Waals surface area contributed by atoms with Crippen LogP contribution in [0, 0.1) is 0 Å². The lowest BCUT2D eigenvalue weighted by molar-refractivity contribution is 0.539. The molecule has 2 rings (SSSR count). The first kappa shape index (κ1) is 13.6. The Balaban J connectivity index is 2.23. The van der Waals surface area contributed by atoms with Crippen LogP contribution in [-0.2, 0) is 6.42 Å². The van der Waals surface area contributed by atoms with Crippen molar-refractivity contribution in [2.45, 2.75) is 19.4 Å². The number of rotatable bonds is 5. The standard InChI is InChI=1S/C13H15BrClN3/c1-2-16-12(8-13-17-3-4-18-13)9-5-10(14)7-11(15)6-9/h3-7,12,16H,2,8H2,1H3,(H,17,18). The van der Waals surface area contributed by atoms with E-state index in [1.807, 2.05) is 18.3 Å². The molecule has 1 heterocycles. The Bertz CT molecular complexity index is 479. The first-order valence-corrected chi connectivity index (χ1v) is 7.03. The van der Waals surface area contributed by atoms with E-state index < -0.39 is 0 Å². The number of halogens is 2. The highest BCUT2D eigenvalue weighted by atomic mass is 79.9. The Morgan fingerprint density at radius 2 is 2.28 bits per heavy atom. The van der Waals surface area contributed by atoms with E-state index in [9.17, 15) is 0 Å². The molecule has 18 heavy (non-hydrogen) atoms. The van der Waals surface area contributed by atoms with Gasteiger partial charge in [-0.2, -0.15) is 0 Å². The van der Waals surface area contributed by atoms with Gasteiger partial charge in [-0.3, -0.25) is 0 Å². The van der Waals surface area contributed by atoms with E-state index in [0.717, 1.165) is 33.8 Å². The van der Waals surface area contributed by atoms with Crippen molar-refractivity contribution in [2.24, 2.45) is 0 Å². The van der Waals surface area contributed by atoms with E-state index in [0.29, 0.717) is 0 Å². The molecule has 0 fully saturated rings. The van der Waals surface area contributed by atoms with Crippen LogP contribution >= 0.6 is 27.5 Å². The number of imidazole rings is 1. The highest BCUT2D eigenvalue weighted by molar-refractivity contribution is 9.10. The summed E-state index contributed by atoms with van der Waals surface area (Å²) >= 11 is 9.57. The molecular weight excluding hydrogens is 314 g/mol. The first-order valence-electron chi connectivity index (χ1n) is 5.86. The predicted molar refractivity (Wildman–Crippen MR) is 77.9 cm³/mol. The molecule has 0 saturated carbocycles. The van der Waals surface area contributed by atoms with Crippen LogP contribution in [0.25, 0.3) is 0 Å². The number of hydrogen-bond donors (Lipinski definition) is 2. The molecule has 3 nitrogen and oxygen atoms in total. The zero-order valence-electron chi connectivity index (χ0n) is 10.1. The molecule has 0 bridgehead atoms. The van der Waals surface area contributed by atoms with E-state index in [4.69, 9.17) is 11.6 Å². The van der Waals surface area contributed by atoms with Gasteiger partial charge in [-0.1, -0.05) is 34.5 Å². The van der Waals surface area contributed by atoms with Gasteiger partial charge in [-0.05, 0) is 30.3 Å². The molecule has 0 radical (unpaired) electrons. The lowest BCUT2D eigenvalue weighted by Gasteiger charge is -2.18. The normalized spacial score (nSPS) is 12.6. The van der Waals surface area contributed by atoms with Gasteiger partial charge in [0, 0.05) is 34.4 Å². The molecule has 5 heteroatoms. The maximum Gasteiger partial charge on any atom is 0.107 e. The molecule has 0 spiro atoms. The molecule has 1 atom stereocenters. The first-order chi connectivity index (χ1) is 8.69. The fourth-order valence-corrected chi connectivity index (χ4v) is 2.82. The van der Waals surface area contributed by atoms with Crippen molar-refractivity contribution in [3.63, 3.8) is 0 Å². The summed E-state index contributed by atoms with van der Waals surface area (Å²) in [6, 6.07) is 6.17. The van der Waals surface area contributed by atoms with Gasteiger partial charge in [0.25, 0.3) is 0 Å². The fourth-order valence-electron chi connectivity index (χ4n) is 1.93. The minimum absolute atomic E-state index is 0.205. The average Bonchev–Trinajstić information content (AvgIpc) is 2.80. The van der Waals surface area contributed by atoms with Gasteiger partial charge in [0.05, 0.1) is 0 Å². The van der Waals surface area contributed by atoms with Crippen LogP contribution in [0.1, 0.15) is 24.4 Å². The quantitative estimate of drug-likeness (QED) is 0.878. The summed E-state index contributed by atoms with van der Waals surface area (Å²) in [5.74, 6) is 0.969. The van der Waals surface area contributed by atoms with Crippen molar-refractivity contribution in [3.05, 3.63) is 51.5 Å². The van der Waals surface area contributed by atoms with Crippen LogP contribution < -0.4 is 5.32 Å². The summed E-state index contributed by atoms with van der Waals surface area (Å²) in [5, 5.41) is 4.19. The van der Waals surface area contributed by atoms with E-state index in [1.54, 1.807) is 6.20 Å². The average molecular weight is 329 g/mol. The number of nitrogens with one attached hydrogen (secondary N) is 2. The second-order valence-electron chi connectivity index (χ2n) is 4.05. The smallest absolute Gasteiger partial charge is 0.107 e. The molecular formula is C13H15BrClN3. The number of nitrogens with zero attached hydrogens (tertiary/aromatic N) is 1. The molecule has 1 aromatic carbocycles. The van der Waals surface area contributed by atoms with Gasteiger partial charge in [-0.15, -0.1) is 0 Å². The second kappa shape index (κ2) is 6.36. The van der Waals surface area contributed by atoms with E-state index >= 15 is 0 Å². The second-order valence-corrected chi connectivity index (χ2v) is 5.41. The van der Waals surface area contributed by atoms with Crippen molar-refractivity contribution < 1.29 is 0 Å².